The Morgan fingerprint density at radius 3 is 2.85 bits per heavy atom. The SMILES string of the molecule is O=C(C[NH+]1CCc2sccc2[C@@H]1c1cccs1)NCc1ccccc1Cl. The third-order valence-corrected chi connectivity index (χ3v) is 7.12. The van der Waals surface area contributed by atoms with Crippen LogP contribution >= 0.6 is 34.3 Å². The minimum atomic E-state index is 0.0696. The van der Waals surface area contributed by atoms with Crippen molar-refractivity contribution in [3.63, 3.8) is 0 Å². The first-order valence-electron chi connectivity index (χ1n) is 8.66. The Hall–Kier alpha value is -1.66. The summed E-state index contributed by atoms with van der Waals surface area (Å²) in [6.07, 6.45) is 1.04. The van der Waals surface area contributed by atoms with Crippen LogP contribution in [0, 0.1) is 0 Å². The Morgan fingerprint density at radius 1 is 1.15 bits per heavy atom. The molecule has 4 rings (SSSR count). The van der Waals surface area contributed by atoms with E-state index < -0.39 is 0 Å². The smallest absolute Gasteiger partial charge is 0.275 e. The van der Waals surface area contributed by atoms with E-state index in [-0.39, 0.29) is 11.9 Å². The van der Waals surface area contributed by atoms with Gasteiger partial charge in [-0.05, 0) is 34.5 Å². The monoisotopic (exact) mass is 403 g/mol. The van der Waals surface area contributed by atoms with Gasteiger partial charge in [0, 0.05) is 28.4 Å². The van der Waals surface area contributed by atoms with Crippen LogP contribution in [0.15, 0.2) is 53.2 Å². The lowest BCUT2D eigenvalue weighted by Crippen LogP contribution is -3.14. The molecular weight excluding hydrogens is 384 g/mol. The molecule has 2 atom stereocenters. The lowest BCUT2D eigenvalue weighted by Gasteiger charge is -2.31. The number of hydrogen-bond donors (Lipinski definition) is 2. The van der Waals surface area contributed by atoms with Crippen molar-refractivity contribution in [2.24, 2.45) is 0 Å². The predicted molar refractivity (Wildman–Crippen MR) is 108 cm³/mol. The summed E-state index contributed by atoms with van der Waals surface area (Å²) in [5, 5.41) is 8.01. The maximum Gasteiger partial charge on any atom is 0.275 e. The number of carbonyl (C=O) groups excluding carboxylic acids is 1. The van der Waals surface area contributed by atoms with E-state index in [0.29, 0.717) is 18.1 Å². The van der Waals surface area contributed by atoms with E-state index in [0.717, 1.165) is 18.5 Å². The summed E-state index contributed by atoms with van der Waals surface area (Å²) < 4.78 is 0. The van der Waals surface area contributed by atoms with Crippen molar-refractivity contribution in [1.82, 2.24) is 5.32 Å². The van der Waals surface area contributed by atoms with E-state index in [9.17, 15) is 4.79 Å². The number of carbonyl (C=O) groups is 1. The molecule has 1 amide bonds. The highest BCUT2D eigenvalue weighted by atomic mass is 35.5. The topological polar surface area (TPSA) is 33.5 Å². The molecule has 0 spiro atoms. The lowest BCUT2D eigenvalue weighted by atomic mass is 9.98. The minimum Gasteiger partial charge on any atom is -0.347 e. The first-order valence-corrected chi connectivity index (χ1v) is 10.8. The number of rotatable bonds is 5. The maximum atomic E-state index is 12.6. The number of amides is 1. The number of fused-ring (bicyclic) bond motifs is 1. The van der Waals surface area contributed by atoms with Gasteiger partial charge >= 0.3 is 0 Å². The fraction of sp³-hybridized carbons (Fsp3) is 0.250. The fourth-order valence-electron chi connectivity index (χ4n) is 3.55. The Balaban J connectivity index is 1.46. The second kappa shape index (κ2) is 7.92. The van der Waals surface area contributed by atoms with Crippen LogP contribution in [0.1, 0.15) is 26.9 Å². The predicted octanol–water partition coefficient (Wildman–Crippen LogP) is 3.31. The highest BCUT2D eigenvalue weighted by molar-refractivity contribution is 7.10. The summed E-state index contributed by atoms with van der Waals surface area (Å²) in [4.78, 5) is 16.7. The van der Waals surface area contributed by atoms with Gasteiger partial charge in [-0.25, -0.2) is 0 Å². The molecule has 0 fully saturated rings. The third kappa shape index (κ3) is 3.71. The summed E-state index contributed by atoms with van der Waals surface area (Å²) in [6, 6.07) is 14.4. The lowest BCUT2D eigenvalue weighted by molar-refractivity contribution is -0.919. The van der Waals surface area contributed by atoms with Crippen molar-refractivity contribution in [2.75, 3.05) is 13.1 Å². The van der Waals surface area contributed by atoms with Gasteiger partial charge in [-0.15, -0.1) is 22.7 Å². The van der Waals surface area contributed by atoms with E-state index in [1.165, 1.54) is 20.2 Å². The zero-order valence-corrected chi connectivity index (χ0v) is 16.6. The summed E-state index contributed by atoms with van der Waals surface area (Å²) in [5.41, 5.74) is 2.34. The van der Waals surface area contributed by atoms with E-state index in [1.807, 2.05) is 35.6 Å². The van der Waals surface area contributed by atoms with Crippen LogP contribution in [0.3, 0.4) is 0 Å². The largest absolute Gasteiger partial charge is 0.347 e. The van der Waals surface area contributed by atoms with Crippen LogP contribution in [0.2, 0.25) is 5.02 Å². The Bertz CT molecular complexity index is 891. The van der Waals surface area contributed by atoms with Crippen LogP contribution in [0.25, 0.3) is 0 Å². The van der Waals surface area contributed by atoms with E-state index >= 15 is 0 Å². The fourth-order valence-corrected chi connectivity index (χ4v) is 5.58. The molecule has 134 valence electrons. The van der Waals surface area contributed by atoms with Gasteiger partial charge in [0.1, 0.15) is 6.04 Å². The Morgan fingerprint density at radius 2 is 2.04 bits per heavy atom. The molecule has 0 bridgehead atoms. The van der Waals surface area contributed by atoms with Gasteiger partial charge < -0.3 is 10.2 Å². The van der Waals surface area contributed by atoms with Crippen molar-refractivity contribution in [1.29, 1.82) is 0 Å². The van der Waals surface area contributed by atoms with E-state index in [2.05, 4.69) is 34.3 Å². The van der Waals surface area contributed by atoms with Gasteiger partial charge in [-0.3, -0.25) is 4.79 Å². The van der Waals surface area contributed by atoms with E-state index in [4.69, 9.17) is 11.6 Å². The maximum absolute atomic E-state index is 12.6. The number of halogens is 1. The highest BCUT2D eigenvalue weighted by Gasteiger charge is 2.34. The molecule has 1 aromatic carbocycles. The molecule has 1 aliphatic rings. The number of benzene rings is 1. The standard InChI is InChI=1S/C20H19ClN2OS2/c21-16-5-2-1-4-14(16)12-22-19(24)13-23-9-7-17-15(8-11-26-17)20(23)18-6-3-10-25-18/h1-6,8,10-11,20H,7,9,12-13H2,(H,22,24)/p+1/t20-/m1/s1. The van der Waals surface area contributed by atoms with Crippen molar-refractivity contribution in [3.8, 4) is 0 Å². The van der Waals surface area contributed by atoms with Gasteiger partial charge in [0.25, 0.3) is 5.91 Å². The first kappa shape index (κ1) is 17.7. The summed E-state index contributed by atoms with van der Waals surface area (Å²) >= 11 is 9.79. The molecular formula is C20H20ClN2OS2+. The van der Waals surface area contributed by atoms with Crippen molar-refractivity contribution in [2.45, 2.75) is 19.0 Å². The second-order valence-electron chi connectivity index (χ2n) is 6.45. The summed E-state index contributed by atoms with van der Waals surface area (Å²) in [5.74, 6) is 0.0696. The van der Waals surface area contributed by atoms with Gasteiger partial charge in [-0.1, -0.05) is 35.9 Å². The molecule has 2 N–H and O–H groups in total. The molecule has 3 nitrogen and oxygen atoms in total. The van der Waals surface area contributed by atoms with E-state index in [1.54, 1.807) is 11.3 Å². The zero-order chi connectivity index (χ0) is 17.9. The number of hydrogen-bond acceptors (Lipinski definition) is 3. The molecule has 0 radical (unpaired) electrons. The normalized spacial score (nSPS) is 19.1. The summed E-state index contributed by atoms with van der Waals surface area (Å²) in [6.45, 7) is 1.93. The van der Waals surface area contributed by atoms with Crippen LogP contribution in [0.5, 0.6) is 0 Å². The Kier molecular flexibility index (Phi) is 5.41. The van der Waals surface area contributed by atoms with Gasteiger partial charge in [0.15, 0.2) is 6.54 Å². The van der Waals surface area contributed by atoms with Crippen LogP contribution in [-0.4, -0.2) is 19.0 Å². The first-order chi connectivity index (χ1) is 12.7. The van der Waals surface area contributed by atoms with Crippen molar-refractivity contribution < 1.29 is 9.69 Å². The van der Waals surface area contributed by atoms with Crippen LogP contribution < -0.4 is 10.2 Å². The van der Waals surface area contributed by atoms with Gasteiger partial charge in [-0.2, -0.15) is 0 Å². The number of nitrogens with one attached hydrogen (secondary N) is 2. The second-order valence-corrected chi connectivity index (χ2v) is 8.84. The molecule has 1 aliphatic heterocycles. The quantitative estimate of drug-likeness (QED) is 0.673. The zero-order valence-electron chi connectivity index (χ0n) is 14.2. The number of thiophene rings is 2. The molecule has 2 aromatic heterocycles. The molecule has 0 aliphatic carbocycles. The highest BCUT2D eigenvalue weighted by Crippen LogP contribution is 2.31. The average molecular weight is 404 g/mol. The minimum absolute atomic E-state index is 0.0696. The molecule has 3 heterocycles. The summed E-state index contributed by atoms with van der Waals surface area (Å²) in [7, 11) is 0. The average Bonchev–Trinajstić information content (AvgIpc) is 3.32. The molecule has 0 saturated carbocycles. The Labute approximate surface area is 166 Å². The molecule has 0 saturated heterocycles. The molecule has 26 heavy (non-hydrogen) atoms. The van der Waals surface area contributed by atoms with Crippen molar-refractivity contribution in [3.05, 3.63) is 79.1 Å². The molecule has 3 aromatic rings. The van der Waals surface area contributed by atoms with Crippen LogP contribution in [-0.2, 0) is 17.8 Å². The van der Waals surface area contributed by atoms with Crippen LogP contribution in [0.4, 0.5) is 0 Å². The number of quaternary nitrogens is 1. The molecule has 1 unspecified atom stereocenters. The van der Waals surface area contributed by atoms with Gasteiger partial charge in [0.05, 0.1) is 11.4 Å². The molecule has 6 heteroatoms. The van der Waals surface area contributed by atoms with Gasteiger partial charge in [0.2, 0.25) is 0 Å². The van der Waals surface area contributed by atoms with Crippen molar-refractivity contribution >= 4 is 40.2 Å². The third-order valence-electron chi connectivity index (χ3n) is 4.82.